The molecule has 1 rings (SSSR count). The van der Waals surface area contributed by atoms with Gasteiger partial charge in [0.15, 0.2) is 0 Å². The number of nitrogens with two attached hydrogens (primary N) is 1. The van der Waals surface area contributed by atoms with Crippen LogP contribution in [0.25, 0.3) is 0 Å². The van der Waals surface area contributed by atoms with Gasteiger partial charge in [-0.05, 0) is 13.3 Å². The summed E-state index contributed by atoms with van der Waals surface area (Å²) in [5.41, 5.74) is 2.74. The highest BCUT2D eigenvalue weighted by Gasteiger charge is 2.12. The van der Waals surface area contributed by atoms with Crippen molar-refractivity contribution in [3.8, 4) is 0 Å². The Bertz CT molecular complexity index is 288. The fourth-order valence-electron chi connectivity index (χ4n) is 1.49. The Kier molecular flexibility index (Phi) is 5.99. The van der Waals surface area contributed by atoms with Crippen LogP contribution in [0.1, 0.15) is 26.1 Å². The largest absolute Gasteiger partial charge is 0.380 e. The molecule has 1 aromatic heterocycles. The zero-order chi connectivity index (χ0) is 11.8. The second-order valence-corrected chi connectivity index (χ2v) is 3.63. The molecule has 0 radical (unpaired) electrons. The van der Waals surface area contributed by atoms with Crippen LogP contribution in [0.15, 0.2) is 6.33 Å². The van der Waals surface area contributed by atoms with Crippen LogP contribution in [-0.4, -0.2) is 34.0 Å². The van der Waals surface area contributed by atoms with Crippen molar-refractivity contribution in [2.24, 2.45) is 5.84 Å². The third kappa shape index (κ3) is 3.88. The molecule has 0 aromatic carbocycles. The number of rotatable bonds is 8. The first-order valence-electron chi connectivity index (χ1n) is 5.72. The predicted octanol–water partition coefficient (Wildman–Crippen LogP) is 0.0990. The van der Waals surface area contributed by atoms with Crippen LogP contribution in [0.5, 0.6) is 0 Å². The van der Waals surface area contributed by atoms with E-state index >= 15 is 0 Å². The molecule has 0 saturated carbocycles. The second kappa shape index (κ2) is 7.32. The zero-order valence-electron chi connectivity index (χ0n) is 10.0. The lowest BCUT2D eigenvalue weighted by atomic mass is 10.2. The molecule has 1 heterocycles. The fourth-order valence-corrected chi connectivity index (χ4v) is 1.49. The van der Waals surface area contributed by atoms with Gasteiger partial charge in [0, 0.05) is 19.6 Å². The minimum absolute atomic E-state index is 0.0831. The average Bonchev–Trinajstić information content (AvgIpc) is 2.72. The molecule has 92 valence electrons. The Morgan fingerprint density at radius 2 is 2.38 bits per heavy atom. The van der Waals surface area contributed by atoms with Crippen LogP contribution >= 0.6 is 0 Å². The molecule has 16 heavy (non-hydrogen) atoms. The summed E-state index contributed by atoms with van der Waals surface area (Å²) in [7, 11) is 0. The summed E-state index contributed by atoms with van der Waals surface area (Å²) in [6.45, 7) is 6.25. The van der Waals surface area contributed by atoms with Gasteiger partial charge in [0.05, 0.1) is 12.6 Å². The maximum absolute atomic E-state index is 5.47. The van der Waals surface area contributed by atoms with Crippen molar-refractivity contribution in [2.45, 2.75) is 39.3 Å². The fraction of sp³-hybridized carbons (Fsp3) is 0.800. The summed E-state index contributed by atoms with van der Waals surface area (Å²) >= 11 is 0. The molecule has 0 bridgehead atoms. The third-order valence-electron chi connectivity index (χ3n) is 2.32. The van der Waals surface area contributed by atoms with Gasteiger partial charge >= 0.3 is 0 Å². The van der Waals surface area contributed by atoms with Gasteiger partial charge in [0.1, 0.15) is 12.2 Å². The summed E-state index contributed by atoms with van der Waals surface area (Å²) in [6.07, 6.45) is 3.36. The van der Waals surface area contributed by atoms with Crippen LogP contribution in [0, 0.1) is 0 Å². The maximum atomic E-state index is 5.47. The van der Waals surface area contributed by atoms with E-state index in [1.54, 1.807) is 6.33 Å². The molecule has 0 saturated heterocycles. The normalized spacial score (nSPS) is 12.9. The van der Waals surface area contributed by atoms with E-state index in [1.807, 2.05) is 11.6 Å². The number of ether oxygens (including phenoxy) is 1. The van der Waals surface area contributed by atoms with Crippen molar-refractivity contribution in [3.63, 3.8) is 0 Å². The number of hydrogen-bond donors (Lipinski definition) is 2. The first-order chi connectivity index (χ1) is 7.81. The highest BCUT2D eigenvalue weighted by molar-refractivity contribution is 4.89. The molecule has 0 spiro atoms. The molecule has 0 aliphatic heterocycles. The number of nitrogens with zero attached hydrogens (tertiary/aromatic N) is 3. The molecule has 6 nitrogen and oxygen atoms in total. The smallest absolute Gasteiger partial charge is 0.138 e. The van der Waals surface area contributed by atoms with Crippen molar-refractivity contribution >= 4 is 0 Å². The monoisotopic (exact) mass is 227 g/mol. The summed E-state index contributed by atoms with van der Waals surface area (Å²) < 4.78 is 7.25. The summed E-state index contributed by atoms with van der Waals surface area (Å²) in [4.78, 5) is 4.23. The molecule has 1 atom stereocenters. The standard InChI is InChI=1S/C10H21N5O/c1-3-5-15-10(12-8-13-15)6-9(14-11)7-16-4-2/h8-9,14H,3-7,11H2,1-2H3. The highest BCUT2D eigenvalue weighted by Crippen LogP contribution is 2.01. The first-order valence-corrected chi connectivity index (χ1v) is 5.72. The van der Waals surface area contributed by atoms with E-state index in [-0.39, 0.29) is 6.04 Å². The number of hydrazine groups is 1. The maximum Gasteiger partial charge on any atom is 0.138 e. The topological polar surface area (TPSA) is 78.0 Å². The quantitative estimate of drug-likeness (QED) is 0.486. The number of nitrogens with one attached hydrogen (secondary N) is 1. The molecule has 1 aromatic rings. The van der Waals surface area contributed by atoms with Gasteiger partial charge in [-0.3, -0.25) is 16.0 Å². The number of hydrogen-bond acceptors (Lipinski definition) is 5. The van der Waals surface area contributed by atoms with Crippen molar-refractivity contribution in [1.82, 2.24) is 20.2 Å². The van der Waals surface area contributed by atoms with E-state index in [1.165, 1.54) is 0 Å². The van der Waals surface area contributed by atoms with Crippen LogP contribution in [0.2, 0.25) is 0 Å². The minimum Gasteiger partial charge on any atom is -0.380 e. The molecule has 6 heteroatoms. The van der Waals surface area contributed by atoms with E-state index in [0.717, 1.165) is 25.2 Å². The molecular formula is C10H21N5O. The lowest BCUT2D eigenvalue weighted by molar-refractivity contribution is 0.122. The molecule has 0 fully saturated rings. The zero-order valence-corrected chi connectivity index (χ0v) is 10.0. The van der Waals surface area contributed by atoms with E-state index in [4.69, 9.17) is 10.6 Å². The molecule has 0 aliphatic rings. The minimum atomic E-state index is 0.0831. The van der Waals surface area contributed by atoms with Crippen LogP contribution < -0.4 is 11.3 Å². The molecule has 0 amide bonds. The van der Waals surface area contributed by atoms with E-state index in [0.29, 0.717) is 13.2 Å². The Morgan fingerprint density at radius 3 is 3.00 bits per heavy atom. The van der Waals surface area contributed by atoms with Crippen molar-refractivity contribution in [3.05, 3.63) is 12.2 Å². The summed E-state index contributed by atoms with van der Waals surface area (Å²) in [5, 5.41) is 4.17. The van der Waals surface area contributed by atoms with Crippen LogP contribution in [0.4, 0.5) is 0 Å². The number of aromatic nitrogens is 3. The third-order valence-corrected chi connectivity index (χ3v) is 2.32. The van der Waals surface area contributed by atoms with Gasteiger partial charge in [-0.1, -0.05) is 6.92 Å². The lowest BCUT2D eigenvalue weighted by Crippen LogP contribution is -2.41. The number of aryl methyl sites for hydroxylation is 1. The molecule has 3 N–H and O–H groups in total. The van der Waals surface area contributed by atoms with Crippen LogP contribution in [0.3, 0.4) is 0 Å². The second-order valence-electron chi connectivity index (χ2n) is 3.63. The van der Waals surface area contributed by atoms with Crippen molar-refractivity contribution in [2.75, 3.05) is 13.2 Å². The summed E-state index contributed by atoms with van der Waals surface area (Å²) in [5.74, 6) is 6.42. The molecule has 0 aliphatic carbocycles. The molecule has 1 unspecified atom stereocenters. The first kappa shape index (κ1) is 13.1. The van der Waals surface area contributed by atoms with Gasteiger partial charge in [-0.2, -0.15) is 5.10 Å². The van der Waals surface area contributed by atoms with E-state index in [9.17, 15) is 0 Å². The van der Waals surface area contributed by atoms with Crippen molar-refractivity contribution < 1.29 is 4.74 Å². The highest BCUT2D eigenvalue weighted by atomic mass is 16.5. The summed E-state index contributed by atoms with van der Waals surface area (Å²) in [6, 6.07) is 0.0831. The predicted molar refractivity (Wildman–Crippen MR) is 61.6 cm³/mol. The Balaban J connectivity index is 2.51. The van der Waals surface area contributed by atoms with Crippen LogP contribution in [-0.2, 0) is 17.7 Å². The lowest BCUT2D eigenvalue weighted by Gasteiger charge is -2.15. The average molecular weight is 227 g/mol. The van der Waals surface area contributed by atoms with Gasteiger partial charge in [-0.25, -0.2) is 4.98 Å². The Morgan fingerprint density at radius 1 is 1.56 bits per heavy atom. The Hall–Kier alpha value is -0.980. The van der Waals surface area contributed by atoms with Crippen molar-refractivity contribution in [1.29, 1.82) is 0 Å². The molecular weight excluding hydrogens is 206 g/mol. The van der Waals surface area contributed by atoms with Gasteiger partial charge in [0.25, 0.3) is 0 Å². The SMILES string of the molecule is CCCn1ncnc1CC(COCC)NN. The Labute approximate surface area is 96.2 Å². The van der Waals surface area contributed by atoms with E-state index < -0.39 is 0 Å². The van der Waals surface area contributed by atoms with Gasteiger partial charge in [0.2, 0.25) is 0 Å². The van der Waals surface area contributed by atoms with Gasteiger partial charge < -0.3 is 4.74 Å². The van der Waals surface area contributed by atoms with E-state index in [2.05, 4.69) is 22.4 Å². The van der Waals surface area contributed by atoms with Gasteiger partial charge in [-0.15, -0.1) is 0 Å².